The molecular formula is C43H50N6O4. The number of rotatable bonds is 9. The van der Waals surface area contributed by atoms with Gasteiger partial charge in [-0.3, -0.25) is 24.6 Å². The molecule has 9 rings (SSSR count). The first-order chi connectivity index (χ1) is 26.0. The Balaban J connectivity index is 0.994. The number of hydrogen-bond donors (Lipinski definition) is 0. The normalized spacial score (nSPS) is 19.1. The van der Waals surface area contributed by atoms with Gasteiger partial charge in [-0.1, -0.05) is 42.5 Å². The molecule has 0 N–H and O–H groups in total. The Hall–Kier alpha value is -4.16. The van der Waals surface area contributed by atoms with Crippen LogP contribution < -0.4 is 9.47 Å². The Labute approximate surface area is 312 Å². The maximum Gasteiger partial charge on any atom is 0.152 e. The Kier molecular flexibility index (Phi) is 9.75. The second-order valence-corrected chi connectivity index (χ2v) is 15.6. The summed E-state index contributed by atoms with van der Waals surface area (Å²) in [5, 5.41) is 2.35. The molecule has 0 amide bonds. The third-order valence-electron chi connectivity index (χ3n) is 11.4. The molecule has 2 fully saturated rings. The van der Waals surface area contributed by atoms with E-state index in [1.807, 2.05) is 12.3 Å². The van der Waals surface area contributed by atoms with Gasteiger partial charge in [-0.25, -0.2) is 4.98 Å². The van der Waals surface area contributed by atoms with Gasteiger partial charge in [-0.15, -0.1) is 0 Å². The van der Waals surface area contributed by atoms with Gasteiger partial charge in [0, 0.05) is 105 Å². The number of benzene rings is 3. The van der Waals surface area contributed by atoms with E-state index >= 15 is 0 Å². The fraction of sp³-hybridized carbons (Fsp3) is 0.442. The highest BCUT2D eigenvalue weighted by atomic mass is 16.5. The first-order valence-corrected chi connectivity index (χ1v) is 19.2. The summed E-state index contributed by atoms with van der Waals surface area (Å²) in [6, 6.07) is 24.1. The largest absolute Gasteiger partial charge is 0.475 e. The third kappa shape index (κ3) is 7.36. The van der Waals surface area contributed by atoms with Crippen LogP contribution in [0.1, 0.15) is 47.4 Å². The van der Waals surface area contributed by atoms with Gasteiger partial charge in [-0.05, 0) is 54.8 Å². The minimum absolute atomic E-state index is 0.222. The van der Waals surface area contributed by atoms with Gasteiger partial charge in [0.25, 0.3) is 0 Å². The van der Waals surface area contributed by atoms with Gasteiger partial charge in [0.05, 0.1) is 26.4 Å². The molecule has 10 nitrogen and oxygen atoms in total. The van der Waals surface area contributed by atoms with Crippen molar-refractivity contribution in [3.8, 4) is 11.5 Å². The number of fused-ring (bicyclic) bond motifs is 6. The monoisotopic (exact) mass is 714 g/mol. The van der Waals surface area contributed by atoms with Crippen LogP contribution in [0.4, 0.5) is 0 Å². The molecule has 10 heteroatoms. The van der Waals surface area contributed by atoms with Crippen LogP contribution in [0.15, 0.2) is 72.9 Å². The summed E-state index contributed by atoms with van der Waals surface area (Å²) in [6.07, 6.45) is 2.65. The summed E-state index contributed by atoms with van der Waals surface area (Å²) in [4.78, 5) is 20.0. The first kappa shape index (κ1) is 34.6. The van der Waals surface area contributed by atoms with Crippen molar-refractivity contribution in [2.45, 2.75) is 58.5 Å². The molecule has 0 bridgehead atoms. The van der Waals surface area contributed by atoms with Crippen LogP contribution in [-0.2, 0) is 48.6 Å². The van der Waals surface area contributed by atoms with Crippen LogP contribution in [0.3, 0.4) is 0 Å². The van der Waals surface area contributed by atoms with Crippen molar-refractivity contribution in [1.29, 1.82) is 0 Å². The molecule has 5 aromatic rings. The molecule has 0 aliphatic carbocycles. The van der Waals surface area contributed by atoms with Crippen molar-refractivity contribution >= 4 is 21.8 Å². The van der Waals surface area contributed by atoms with Crippen LogP contribution in [0.5, 0.6) is 11.5 Å². The summed E-state index contributed by atoms with van der Waals surface area (Å²) < 4.78 is 24.5. The van der Waals surface area contributed by atoms with E-state index in [0.717, 1.165) is 120 Å². The van der Waals surface area contributed by atoms with Crippen molar-refractivity contribution < 1.29 is 18.9 Å². The second kappa shape index (κ2) is 14.9. The predicted octanol–water partition coefficient (Wildman–Crippen LogP) is 5.97. The Bertz CT molecular complexity index is 2080. The number of pyridine rings is 2. The molecule has 3 aromatic carbocycles. The van der Waals surface area contributed by atoms with Crippen LogP contribution in [0, 0.1) is 0 Å². The summed E-state index contributed by atoms with van der Waals surface area (Å²) in [5.74, 6) is 1.84. The maximum absolute atomic E-state index is 6.59. The maximum atomic E-state index is 6.59. The fourth-order valence-corrected chi connectivity index (χ4v) is 8.43. The molecular weight excluding hydrogens is 665 g/mol. The molecule has 4 aliphatic heterocycles. The Morgan fingerprint density at radius 2 is 1.28 bits per heavy atom. The van der Waals surface area contributed by atoms with Gasteiger partial charge in [0.2, 0.25) is 0 Å². The standard InChI is InChI=1S/C43H50N6O4/c1-43(2,49-28-35-22-32(25-46-13-17-50-18-14-46)37-9-6-12-44-39(37)41(35)53-30-49)23-36-10-11-38-33(26-47-15-19-51-20-16-47)21-34-27-48(24-31-7-4-3-5-8-31)29-52-42(34)40(38)45-36/h3-12,21-22H,13-20,23-30H2,1-2H3. The highest BCUT2D eigenvalue weighted by molar-refractivity contribution is 5.90. The number of aromatic nitrogens is 2. The molecule has 276 valence electrons. The SMILES string of the molecule is CC(C)(Cc1ccc2c(CN3CCOCC3)cc3c(c2n1)OCN(Cc1ccccc1)C3)N1COc2c(cc(CN3CCOCC3)c3cccnc23)C1. The van der Waals surface area contributed by atoms with Crippen LogP contribution >= 0.6 is 0 Å². The molecule has 6 heterocycles. The minimum Gasteiger partial charge on any atom is -0.475 e. The molecule has 2 aromatic heterocycles. The lowest BCUT2D eigenvalue weighted by molar-refractivity contribution is 0.0127. The van der Waals surface area contributed by atoms with Crippen molar-refractivity contribution in [2.75, 3.05) is 66.1 Å². The minimum atomic E-state index is -0.222. The van der Waals surface area contributed by atoms with Crippen LogP contribution in [0.2, 0.25) is 0 Å². The van der Waals surface area contributed by atoms with E-state index in [0.29, 0.717) is 13.5 Å². The zero-order chi connectivity index (χ0) is 35.8. The van der Waals surface area contributed by atoms with Gasteiger partial charge < -0.3 is 18.9 Å². The number of ether oxygens (including phenoxy) is 4. The second-order valence-electron chi connectivity index (χ2n) is 15.6. The highest BCUT2D eigenvalue weighted by Crippen LogP contribution is 2.39. The van der Waals surface area contributed by atoms with E-state index in [-0.39, 0.29) is 5.54 Å². The van der Waals surface area contributed by atoms with Crippen molar-refractivity contribution in [2.24, 2.45) is 0 Å². The number of hydrogen-bond acceptors (Lipinski definition) is 10. The average molecular weight is 715 g/mol. The summed E-state index contributed by atoms with van der Waals surface area (Å²) in [7, 11) is 0. The molecule has 0 unspecified atom stereocenters. The molecule has 53 heavy (non-hydrogen) atoms. The fourth-order valence-electron chi connectivity index (χ4n) is 8.43. The van der Waals surface area contributed by atoms with Gasteiger partial charge in [0.15, 0.2) is 11.5 Å². The Morgan fingerprint density at radius 3 is 2.00 bits per heavy atom. The zero-order valence-electron chi connectivity index (χ0n) is 31.1. The molecule has 4 aliphatic rings. The molecule has 0 atom stereocenters. The molecule has 0 saturated carbocycles. The van der Waals surface area contributed by atoms with Crippen LogP contribution in [-0.4, -0.2) is 101 Å². The Morgan fingerprint density at radius 1 is 0.642 bits per heavy atom. The highest BCUT2D eigenvalue weighted by Gasteiger charge is 2.34. The molecule has 0 radical (unpaired) electrons. The lowest BCUT2D eigenvalue weighted by Gasteiger charge is -2.41. The summed E-state index contributed by atoms with van der Waals surface area (Å²) >= 11 is 0. The van der Waals surface area contributed by atoms with E-state index in [2.05, 4.69) is 94.1 Å². The van der Waals surface area contributed by atoms with E-state index in [9.17, 15) is 0 Å². The van der Waals surface area contributed by atoms with Crippen molar-refractivity contribution in [1.82, 2.24) is 29.6 Å². The van der Waals surface area contributed by atoms with Crippen LogP contribution in [0.25, 0.3) is 21.8 Å². The van der Waals surface area contributed by atoms with Crippen molar-refractivity contribution in [3.63, 3.8) is 0 Å². The predicted molar refractivity (Wildman–Crippen MR) is 206 cm³/mol. The van der Waals surface area contributed by atoms with Gasteiger partial charge in [-0.2, -0.15) is 0 Å². The summed E-state index contributed by atoms with van der Waals surface area (Å²) in [6.45, 7) is 16.8. The molecule has 2 saturated heterocycles. The van der Waals surface area contributed by atoms with Gasteiger partial charge in [0.1, 0.15) is 24.5 Å². The zero-order valence-corrected chi connectivity index (χ0v) is 31.1. The van der Waals surface area contributed by atoms with Gasteiger partial charge >= 0.3 is 0 Å². The average Bonchev–Trinajstić information content (AvgIpc) is 3.19. The number of nitrogens with zero attached hydrogens (tertiary/aromatic N) is 6. The third-order valence-corrected chi connectivity index (χ3v) is 11.4. The van der Waals surface area contributed by atoms with E-state index in [4.69, 9.17) is 28.9 Å². The number of morpholine rings is 2. The summed E-state index contributed by atoms with van der Waals surface area (Å²) in [5.41, 5.74) is 9.07. The van der Waals surface area contributed by atoms with E-state index < -0.39 is 0 Å². The smallest absolute Gasteiger partial charge is 0.152 e. The lowest BCUT2D eigenvalue weighted by atomic mass is 9.93. The van der Waals surface area contributed by atoms with E-state index in [1.165, 1.54) is 38.6 Å². The lowest BCUT2D eigenvalue weighted by Crippen LogP contribution is -2.49. The van der Waals surface area contributed by atoms with Crippen molar-refractivity contribution in [3.05, 3.63) is 106 Å². The molecule has 0 spiro atoms. The first-order valence-electron chi connectivity index (χ1n) is 19.2. The quantitative estimate of drug-likeness (QED) is 0.182. The topological polar surface area (TPSA) is 75.7 Å². The van der Waals surface area contributed by atoms with E-state index in [1.54, 1.807) is 0 Å².